The van der Waals surface area contributed by atoms with Gasteiger partial charge in [-0.25, -0.2) is 19.3 Å². The number of nitrogens with zero attached hydrogens (tertiary/aromatic N) is 7. The molecule has 208 valence electrons. The number of piperazine rings is 1. The number of rotatable bonds is 5. The van der Waals surface area contributed by atoms with Gasteiger partial charge in [0.1, 0.15) is 11.4 Å². The number of carbonyl (C=O) groups excluding carboxylic acids is 2. The molecule has 0 spiro atoms. The predicted octanol–water partition coefficient (Wildman–Crippen LogP) is 4.28. The van der Waals surface area contributed by atoms with Gasteiger partial charge in [0.15, 0.2) is 0 Å². The van der Waals surface area contributed by atoms with Crippen LogP contribution in [-0.4, -0.2) is 87.3 Å². The minimum absolute atomic E-state index is 0.0129. The van der Waals surface area contributed by atoms with Crippen molar-refractivity contribution in [3.05, 3.63) is 41.9 Å². The Bertz CT molecular complexity index is 1330. The lowest BCUT2D eigenvalue weighted by Gasteiger charge is -2.36. The van der Waals surface area contributed by atoms with Gasteiger partial charge in [0.05, 0.1) is 34.9 Å². The molecule has 3 aromatic rings. The summed E-state index contributed by atoms with van der Waals surface area (Å²) in [4.78, 5) is 39.9. The zero-order valence-corrected chi connectivity index (χ0v) is 23.5. The lowest BCUT2D eigenvalue weighted by molar-refractivity contribution is 0.0240. The molecule has 1 N–H and O–H groups in total. The van der Waals surface area contributed by atoms with Crippen molar-refractivity contribution in [3.63, 3.8) is 0 Å². The van der Waals surface area contributed by atoms with Gasteiger partial charge in [-0.1, -0.05) is 12.8 Å². The molecule has 1 aliphatic heterocycles. The molecular formula is C28H38N8O3. The zero-order valence-electron chi connectivity index (χ0n) is 23.5. The molecule has 0 unspecified atom stereocenters. The topological polar surface area (TPSA) is 108 Å². The number of nitrogens with one attached hydrogen (secondary N) is 1. The van der Waals surface area contributed by atoms with E-state index in [1.54, 1.807) is 30.1 Å². The number of amides is 2. The third kappa shape index (κ3) is 5.91. The fourth-order valence-corrected chi connectivity index (χ4v) is 5.28. The van der Waals surface area contributed by atoms with Crippen molar-refractivity contribution in [1.29, 1.82) is 0 Å². The minimum Gasteiger partial charge on any atom is -0.444 e. The Hall–Kier alpha value is -3.89. The molecule has 11 heteroatoms. The minimum atomic E-state index is -0.499. The number of hydrogen-bond acceptors (Lipinski definition) is 8. The van der Waals surface area contributed by atoms with Crippen LogP contribution in [0.2, 0.25) is 0 Å². The molecule has 1 saturated heterocycles. The second-order valence-corrected chi connectivity index (χ2v) is 11.5. The Morgan fingerprint density at radius 3 is 2.36 bits per heavy atom. The Labute approximate surface area is 229 Å². The molecule has 0 aromatic carbocycles. The maximum absolute atomic E-state index is 12.9. The van der Waals surface area contributed by atoms with E-state index in [9.17, 15) is 9.59 Å². The van der Waals surface area contributed by atoms with Gasteiger partial charge in [-0.15, -0.1) is 5.10 Å². The van der Waals surface area contributed by atoms with Crippen molar-refractivity contribution in [1.82, 2.24) is 29.4 Å². The third-order valence-corrected chi connectivity index (χ3v) is 7.22. The average molecular weight is 535 g/mol. The highest BCUT2D eigenvalue weighted by molar-refractivity contribution is 5.97. The second-order valence-electron chi connectivity index (χ2n) is 11.5. The van der Waals surface area contributed by atoms with Crippen LogP contribution in [0.3, 0.4) is 0 Å². The molecule has 0 bridgehead atoms. The van der Waals surface area contributed by atoms with E-state index in [-0.39, 0.29) is 12.0 Å². The summed E-state index contributed by atoms with van der Waals surface area (Å²) in [5.41, 5.74) is 2.97. The van der Waals surface area contributed by atoms with Crippen molar-refractivity contribution in [2.45, 2.75) is 58.0 Å². The van der Waals surface area contributed by atoms with E-state index < -0.39 is 5.60 Å². The van der Waals surface area contributed by atoms with Gasteiger partial charge in [0.25, 0.3) is 5.91 Å². The van der Waals surface area contributed by atoms with Gasteiger partial charge in [-0.2, -0.15) is 0 Å². The van der Waals surface area contributed by atoms with Gasteiger partial charge in [0.2, 0.25) is 5.95 Å². The quantitative estimate of drug-likeness (QED) is 0.517. The second kappa shape index (κ2) is 10.7. The molecule has 11 nitrogen and oxygen atoms in total. The number of fused-ring (bicyclic) bond motifs is 1. The molecule has 3 aromatic heterocycles. The van der Waals surface area contributed by atoms with Crippen LogP contribution in [0.5, 0.6) is 0 Å². The van der Waals surface area contributed by atoms with E-state index in [0.717, 1.165) is 42.6 Å². The van der Waals surface area contributed by atoms with Gasteiger partial charge in [0, 0.05) is 46.2 Å². The molecule has 0 atom stereocenters. The number of hydrogen-bond donors (Lipinski definition) is 1. The van der Waals surface area contributed by atoms with Crippen LogP contribution < -0.4 is 10.2 Å². The van der Waals surface area contributed by atoms with Gasteiger partial charge >= 0.3 is 6.09 Å². The summed E-state index contributed by atoms with van der Waals surface area (Å²) < 4.78 is 7.37. The van der Waals surface area contributed by atoms with E-state index in [1.807, 2.05) is 49.7 Å². The first-order chi connectivity index (χ1) is 18.6. The highest BCUT2D eigenvalue weighted by Crippen LogP contribution is 2.37. The molecule has 1 aliphatic carbocycles. The van der Waals surface area contributed by atoms with Crippen LogP contribution in [0.4, 0.5) is 22.2 Å². The van der Waals surface area contributed by atoms with E-state index in [1.165, 1.54) is 0 Å². The number of anilines is 3. The molecule has 2 aliphatic rings. The fourth-order valence-electron chi connectivity index (χ4n) is 5.28. The summed E-state index contributed by atoms with van der Waals surface area (Å²) in [5, 5.41) is 7.98. The first-order valence-electron chi connectivity index (χ1n) is 13.7. The van der Waals surface area contributed by atoms with Crippen molar-refractivity contribution in [2.24, 2.45) is 0 Å². The highest BCUT2D eigenvalue weighted by Gasteiger charge is 2.29. The van der Waals surface area contributed by atoms with Crippen LogP contribution in [-0.2, 0) is 4.74 Å². The molecule has 4 heterocycles. The van der Waals surface area contributed by atoms with E-state index in [0.29, 0.717) is 49.4 Å². The lowest BCUT2D eigenvalue weighted by Crippen LogP contribution is -2.50. The van der Waals surface area contributed by atoms with Gasteiger partial charge < -0.3 is 24.8 Å². The molecule has 1 saturated carbocycles. The number of carbonyl (C=O) groups is 2. The molecule has 0 radical (unpaired) electrons. The van der Waals surface area contributed by atoms with Crippen LogP contribution in [0.1, 0.15) is 68.4 Å². The number of aromatic nitrogens is 4. The van der Waals surface area contributed by atoms with Crippen LogP contribution in [0.15, 0.2) is 30.6 Å². The average Bonchev–Trinajstić information content (AvgIpc) is 3.55. The largest absolute Gasteiger partial charge is 0.444 e. The molecule has 5 rings (SSSR count). The Balaban J connectivity index is 1.28. The van der Waals surface area contributed by atoms with E-state index in [2.05, 4.69) is 20.2 Å². The third-order valence-electron chi connectivity index (χ3n) is 7.22. The monoisotopic (exact) mass is 534 g/mol. The maximum atomic E-state index is 12.9. The molecular weight excluding hydrogens is 496 g/mol. The normalized spacial score (nSPS) is 16.5. The number of ether oxygens (including phenoxy) is 1. The van der Waals surface area contributed by atoms with Gasteiger partial charge in [-0.05, 0) is 51.8 Å². The summed E-state index contributed by atoms with van der Waals surface area (Å²) in [6.45, 7) is 8.24. The number of pyridine rings is 1. The fraction of sp³-hybridized carbons (Fsp3) is 0.536. The lowest BCUT2D eigenvalue weighted by atomic mass is 10.00. The standard InChI is InChI=1S/C28H38N8O3/c1-28(2,3)39-27(38)35-14-12-34(13-15-35)20-10-11-23(29-17-20)31-26-30-18-21-16-22(25(37)33(4)5)24(36(21)32-26)19-8-6-7-9-19/h10-11,16-19H,6-9,12-15H2,1-5H3,(H,29,31,32). The van der Waals surface area contributed by atoms with E-state index in [4.69, 9.17) is 9.84 Å². The van der Waals surface area contributed by atoms with Crippen molar-refractivity contribution in [2.75, 3.05) is 50.5 Å². The zero-order chi connectivity index (χ0) is 27.7. The van der Waals surface area contributed by atoms with E-state index >= 15 is 0 Å². The van der Waals surface area contributed by atoms with Crippen molar-refractivity contribution in [3.8, 4) is 0 Å². The first kappa shape index (κ1) is 26.7. The predicted molar refractivity (Wildman–Crippen MR) is 150 cm³/mol. The first-order valence-corrected chi connectivity index (χ1v) is 13.7. The molecule has 39 heavy (non-hydrogen) atoms. The highest BCUT2D eigenvalue weighted by atomic mass is 16.6. The van der Waals surface area contributed by atoms with Crippen molar-refractivity contribution >= 4 is 35.0 Å². The summed E-state index contributed by atoms with van der Waals surface area (Å²) in [5.74, 6) is 1.35. The Kier molecular flexibility index (Phi) is 7.33. The smallest absolute Gasteiger partial charge is 0.410 e. The van der Waals surface area contributed by atoms with Crippen LogP contribution in [0, 0.1) is 0 Å². The molecule has 2 amide bonds. The SMILES string of the molecule is CN(C)C(=O)c1cc2cnc(Nc3ccc(N4CCN(C(=O)OC(C)(C)C)CC4)cn3)nn2c1C1CCCC1. The summed E-state index contributed by atoms with van der Waals surface area (Å²) >= 11 is 0. The summed E-state index contributed by atoms with van der Waals surface area (Å²) in [7, 11) is 3.55. The van der Waals surface area contributed by atoms with Crippen LogP contribution >= 0.6 is 0 Å². The Morgan fingerprint density at radius 1 is 1.03 bits per heavy atom. The summed E-state index contributed by atoms with van der Waals surface area (Å²) in [6, 6.07) is 5.80. The van der Waals surface area contributed by atoms with Gasteiger partial charge in [-0.3, -0.25) is 4.79 Å². The Morgan fingerprint density at radius 2 is 1.74 bits per heavy atom. The molecule has 2 fully saturated rings. The summed E-state index contributed by atoms with van der Waals surface area (Å²) in [6.07, 6.45) is 7.74. The van der Waals surface area contributed by atoms with Crippen LogP contribution in [0.25, 0.3) is 5.52 Å². The van der Waals surface area contributed by atoms with Crippen molar-refractivity contribution < 1.29 is 14.3 Å². The maximum Gasteiger partial charge on any atom is 0.410 e.